The van der Waals surface area contributed by atoms with Crippen LogP contribution in [0.5, 0.6) is 5.75 Å². The Bertz CT molecular complexity index is 798. The van der Waals surface area contributed by atoms with Gasteiger partial charge in [0.05, 0.1) is 0 Å². The number of carbonyl (C=O) groups is 1. The Labute approximate surface area is 168 Å². The molecular formula is C23H31N3O2. The van der Waals surface area contributed by atoms with E-state index in [2.05, 4.69) is 52.5 Å². The molecule has 1 N–H and O–H groups in total. The second-order valence-corrected chi connectivity index (χ2v) is 7.73. The van der Waals surface area contributed by atoms with Crippen molar-refractivity contribution in [3.05, 3.63) is 64.7 Å². The second-order valence-electron chi connectivity index (χ2n) is 7.73. The van der Waals surface area contributed by atoms with E-state index in [1.807, 2.05) is 26.0 Å². The summed E-state index contributed by atoms with van der Waals surface area (Å²) in [4.78, 5) is 17.0. The lowest BCUT2D eigenvalue weighted by Gasteiger charge is -2.32. The average Bonchev–Trinajstić information content (AvgIpc) is 2.68. The van der Waals surface area contributed by atoms with Gasteiger partial charge in [-0.3, -0.25) is 9.69 Å². The molecule has 1 heterocycles. The number of nitrogens with one attached hydrogen (secondary N) is 1. The fourth-order valence-electron chi connectivity index (χ4n) is 3.46. The first-order valence-electron chi connectivity index (χ1n) is 9.95. The predicted octanol–water partition coefficient (Wildman–Crippen LogP) is 2.75. The summed E-state index contributed by atoms with van der Waals surface area (Å²) in [6, 6.07) is 14.4. The van der Waals surface area contributed by atoms with Crippen LogP contribution in [0, 0.1) is 13.8 Å². The number of likely N-dealkylation sites (N-methyl/N-ethyl adjacent to an activating group) is 1. The summed E-state index contributed by atoms with van der Waals surface area (Å²) in [5.74, 6) is 0.652. The van der Waals surface area contributed by atoms with Crippen molar-refractivity contribution in [1.29, 1.82) is 0 Å². The SMILES string of the molecule is Cc1ccc(OCC(=O)NCc2cccc(CN3CCN(C)CC3)c2)c(C)c1. The molecule has 5 heteroatoms. The minimum Gasteiger partial charge on any atom is -0.484 e. The Hall–Kier alpha value is -2.37. The van der Waals surface area contributed by atoms with Gasteiger partial charge >= 0.3 is 0 Å². The first-order chi connectivity index (χ1) is 13.5. The first kappa shape index (κ1) is 20.4. The summed E-state index contributed by atoms with van der Waals surface area (Å²) in [5.41, 5.74) is 4.64. The molecular weight excluding hydrogens is 350 g/mol. The molecule has 2 aromatic carbocycles. The molecule has 0 spiro atoms. The molecule has 0 radical (unpaired) electrons. The molecule has 1 fully saturated rings. The number of aryl methyl sites for hydroxylation is 2. The van der Waals surface area contributed by atoms with Crippen molar-refractivity contribution < 1.29 is 9.53 Å². The monoisotopic (exact) mass is 381 g/mol. The van der Waals surface area contributed by atoms with E-state index in [0.717, 1.165) is 49.6 Å². The van der Waals surface area contributed by atoms with Gasteiger partial charge in [0.1, 0.15) is 5.75 Å². The molecule has 1 aliphatic rings. The van der Waals surface area contributed by atoms with E-state index in [1.165, 1.54) is 11.1 Å². The van der Waals surface area contributed by atoms with Gasteiger partial charge in [-0.25, -0.2) is 0 Å². The highest BCUT2D eigenvalue weighted by atomic mass is 16.5. The molecule has 5 nitrogen and oxygen atoms in total. The Balaban J connectivity index is 1.45. The average molecular weight is 382 g/mol. The van der Waals surface area contributed by atoms with Gasteiger partial charge in [0.2, 0.25) is 0 Å². The summed E-state index contributed by atoms with van der Waals surface area (Å²) in [5, 5.41) is 2.95. The van der Waals surface area contributed by atoms with Gasteiger partial charge in [-0.05, 0) is 43.7 Å². The second kappa shape index (κ2) is 9.71. The third-order valence-electron chi connectivity index (χ3n) is 5.17. The Morgan fingerprint density at radius 3 is 2.54 bits per heavy atom. The minimum atomic E-state index is -0.107. The molecule has 0 unspecified atom stereocenters. The van der Waals surface area contributed by atoms with Crippen LogP contribution < -0.4 is 10.1 Å². The van der Waals surface area contributed by atoms with Crippen molar-refractivity contribution in [2.75, 3.05) is 39.8 Å². The molecule has 0 aliphatic carbocycles. The number of ether oxygens (including phenoxy) is 1. The normalized spacial score (nSPS) is 15.4. The maximum atomic E-state index is 12.2. The standard InChI is InChI=1S/C23H31N3O2/c1-18-7-8-22(19(2)13-18)28-17-23(27)24-15-20-5-4-6-21(14-20)16-26-11-9-25(3)10-12-26/h4-8,13-14H,9-12,15-17H2,1-3H3,(H,24,27). The van der Waals surface area contributed by atoms with E-state index < -0.39 is 0 Å². The summed E-state index contributed by atoms with van der Waals surface area (Å²) in [6.45, 7) is 10.0. The first-order valence-corrected chi connectivity index (χ1v) is 9.95. The van der Waals surface area contributed by atoms with Gasteiger partial charge in [-0.1, -0.05) is 42.0 Å². The third kappa shape index (κ3) is 6.08. The topological polar surface area (TPSA) is 44.8 Å². The van der Waals surface area contributed by atoms with Crippen LogP contribution in [0.4, 0.5) is 0 Å². The predicted molar refractivity (Wildman–Crippen MR) is 112 cm³/mol. The van der Waals surface area contributed by atoms with Gasteiger partial charge in [0, 0.05) is 39.3 Å². The van der Waals surface area contributed by atoms with Crippen molar-refractivity contribution in [2.24, 2.45) is 0 Å². The van der Waals surface area contributed by atoms with Gasteiger partial charge in [-0.2, -0.15) is 0 Å². The van der Waals surface area contributed by atoms with Gasteiger partial charge in [0.15, 0.2) is 6.61 Å². The van der Waals surface area contributed by atoms with Crippen LogP contribution >= 0.6 is 0 Å². The quantitative estimate of drug-likeness (QED) is 0.801. The van der Waals surface area contributed by atoms with Crippen molar-refractivity contribution in [1.82, 2.24) is 15.1 Å². The fraction of sp³-hybridized carbons (Fsp3) is 0.435. The lowest BCUT2D eigenvalue weighted by molar-refractivity contribution is -0.123. The molecule has 1 saturated heterocycles. The van der Waals surface area contributed by atoms with Crippen molar-refractivity contribution in [2.45, 2.75) is 26.9 Å². The van der Waals surface area contributed by atoms with Crippen LogP contribution in [-0.4, -0.2) is 55.5 Å². The molecule has 150 valence electrons. The van der Waals surface area contributed by atoms with Gasteiger partial charge < -0.3 is 15.0 Å². The highest BCUT2D eigenvalue weighted by molar-refractivity contribution is 5.77. The molecule has 0 atom stereocenters. The van der Waals surface area contributed by atoms with Gasteiger partial charge in [0.25, 0.3) is 5.91 Å². The summed E-state index contributed by atoms with van der Waals surface area (Å²) in [7, 11) is 2.17. The van der Waals surface area contributed by atoms with Crippen molar-refractivity contribution in [3.63, 3.8) is 0 Å². The van der Waals surface area contributed by atoms with Gasteiger partial charge in [-0.15, -0.1) is 0 Å². The maximum absolute atomic E-state index is 12.2. The zero-order valence-electron chi connectivity index (χ0n) is 17.2. The molecule has 0 saturated carbocycles. The fourth-order valence-corrected chi connectivity index (χ4v) is 3.46. The maximum Gasteiger partial charge on any atom is 0.258 e. The highest BCUT2D eigenvalue weighted by Crippen LogP contribution is 2.18. The summed E-state index contributed by atoms with van der Waals surface area (Å²) >= 11 is 0. The molecule has 3 rings (SSSR count). The van der Waals surface area contributed by atoms with Crippen molar-refractivity contribution >= 4 is 5.91 Å². The number of carbonyl (C=O) groups excluding carboxylic acids is 1. The van der Waals surface area contributed by atoms with E-state index in [4.69, 9.17) is 4.74 Å². The van der Waals surface area contributed by atoms with Crippen LogP contribution in [0.15, 0.2) is 42.5 Å². The van der Waals surface area contributed by atoms with Crippen LogP contribution in [0.2, 0.25) is 0 Å². The highest BCUT2D eigenvalue weighted by Gasteiger charge is 2.14. The van der Waals surface area contributed by atoms with E-state index in [9.17, 15) is 4.79 Å². The van der Waals surface area contributed by atoms with E-state index in [0.29, 0.717) is 6.54 Å². The number of benzene rings is 2. The number of hydrogen-bond donors (Lipinski definition) is 1. The van der Waals surface area contributed by atoms with Crippen LogP contribution in [-0.2, 0) is 17.9 Å². The Morgan fingerprint density at radius 1 is 1.04 bits per heavy atom. The van der Waals surface area contributed by atoms with E-state index in [1.54, 1.807) is 0 Å². The van der Waals surface area contributed by atoms with Crippen LogP contribution in [0.3, 0.4) is 0 Å². The molecule has 0 aromatic heterocycles. The van der Waals surface area contributed by atoms with E-state index >= 15 is 0 Å². The third-order valence-corrected chi connectivity index (χ3v) is 5.17. The lowest BCUT2D eigenvalue weighted by Crippen LogP contribution is -2.43. The van der Waals surface area contributed by atoms with Crippen molar-refractivity contribution in [3.8, 4) is 5.75 Å². The minimum absolute atomic E-state index is 0.0326. The number of rotatable bonds is 7. The number of amides is 1. The largest absolute Gasteiger partial charge is 0.484 e. The Kier molecular flexibility index (Phi) is 7.06. The van der Waals surface area contributed by atoms with E-state index in [-0.39, 0.29) is 12.5 Å². The molecule has 0 bridgehead atoms. The smallest absolute Gasteiger partial charge is 0.258 e. The number of piperazine rings is 1. The van der Waals surface area contributed by atoms with Crippen LogP contribution in [0.25, 0.3) is 0 Å². The molecule has 1 amide bonds. The Morgan fingerprint density at radius 2 is 1.79 bits per heavy atom. The lowest BCUT2D eigenvalue weighted by atomic mass is 10.1. The number of nitrogens with zero attached hydrogens (tertiary/aromatic N) is 2. The summed E-state index contributed by atoms with van der Waals surface area (Å²) < 4.78 is 5.65. The van der Waals surface area contributed by atoms with Crippen LogP contribution in [0.1, 0.15) is 22.3 Å². The molecule has 1 aliphatic heterocycles. The molecule has 2 aromatic rings. The molecule has 28 heavy (non-hydrogen) atoms. The summed E-state index contributed by atoms with van der Waals surface area (Å²) in [6.07, 6.45) is 0. The number of hydrogen-bond acceptors (Lipinski definition) is 4. The zero-order valence-corrected chi connectivity index (χ0v) is 17.2. The zero-order chi connectivity index (χ0) is 19.9.